The van der Waals surface area contributed by atoms with Gasteiger partial charge in [0.15, 0.2) is 11.6 Å². The summed E-state index contributed by atoms with van der Waals surface area (Å²) < 4.78 is 40.6. The monoisotopic (exact) mass is 544 g/mol. The Morgan fingerprint density at radius 1 is 0.800 bits per heavy atom. The van der Waals surface area contributed by atoms with Gasteiger partial charge in [-0.2, -0.15) is 4.39 Å². The smallest absolute Gasteiger partial charge is 0.201 e. The van der Waals surface area contributed by atoms with Crippen molar-refractivity contribution >= 4 is 0 Å². The van der Waals surface area contributed by atoms with Crippen molar-refractivity contribution in [1.82, 2.24) is 0 Å². The van der Waals surface area contributed by atoms with Crippen molar-refractivity contribution in [3.05, 3.63) is 90.0 Å². The number of hydrogen-bond acceptors (Lipinski definition) is 2. The molecule has 212 valence electrons. The molecular formula is C36H42F2O2. The lowest BCUT2D eigenvalue weighted by Gasteiger charge is -2.38. The molecule has 2 unspecified atom stereocenters. The molecule has 1 heterocycles. The second kappa shape index (κ2) is 13.6. The minimum atomic E-state index is -0.944. The lowest BCUT2D eigenvalue weighted by molar-refractivity contribution is -0.0435. The van der Waals surface area contributed by atoms with E-state index in [0.29, 0.717) is 17.6 Å². The van der Waals surface area contributed by atoms with E-state index in [4.69, 9.17) is 9.47 Å². The molecule has 0 radical (unpaired) electrons. The van der Waals surface area contributed by atoms with Crippen LogP contribution in [0.5, 0.6) is 5.75 Å². The van der Waals surface area contributed by atoms with Crippen LogP contribution in [0.15, 0.2) is 72.8 Å². The lowest BCUT2D eigenvalue weighted by atomic mass is 9.75. The van der Waals surface area contributed by atoms with Crippen molar-refractivity contribution in [2.24, 2.45) is 11.8 Å². The lowest BCUT2D eigenvalue weighted by Crippen LogP contribution is -2.33. The highest BCUT2D eigenvalue weighted by Crippen LogP contribution is 2.39. The van der Waals surface area contributed by atoms with E-state index >= 15 is 0 Å². The van der Waals surface area contributed by atoms with Gasteiger partial charge in [0.2, 0.25) is 5.82 Å². The van der Waals surface area contributed by atoms with E-state index in [9.17, 15) is 8.78 Å². The molecule has 5 rings (SSSR count). The molecule has 0 spiro atoms. The molecule has 2 fully saturated rings. The first-order valence-electron chi connectivity index (χ1n) is 15.1. The first kappa shape index (κ1) is 28.5. The van der Waals surface area contributed by atoms with Crippen LogP contribution in [0, 0.1) is 23.5 Å². The average molecular weight is 545 g/mol. The van der Waals surface area contributed by atoms with Crippen LogP contribution in [0.2, 0.25) is 0 Å². The Bertz CT molecular complexity index is 1250. The summed E-state index contributed by atoms with van der Waals surface area (Å²) in [4.78, 5) is 0. The molecule has 1 aliphatic heterocycles. The van der Waals surface area contributed by atoms with Gasteiger partial charge in [0, 0.05) is 11.5 Å². The second-order valence-corrected chi connectivity index (χ2v) is 11.4. The number of rotatable bonds is 9. The molecule has 2 nitrogen and oxygen atoms in total. The molecule has 1 saturated heterocycles. The molecule has 1 saturated carbocycles. The van der Waals surface area contributed by atoms with Crippen molar-refractivity contribution in [2.45, 2.75) is 77.2 Å². The van der Waals surface area contributed by atoms with Crippen molar-refractivity contribution in [3.8, 4) is 28.0 Å². The second-order valence-electron chi connectivity index (χ2n) is 11.4. The van der Waals surface area contributed by atoms with E-state index in [-0.39, 0.29) is 17.9 Å². The molecule has 40 heavy (non-hydrogen) atoms. The number of allylic oxidation sites excluding steroid dienone is 2. The van der Waals surface area contributed by atoms with Crippen LogP contribution < -0.4 is 4.74 Å². The Hall–Kier alpha value is -2.98. The zero-order valence-electron chi connectivity index (χ0n) is 23.9. The van der Waals surface area contributed by atoms with E-state index < -0.39 is 11.6 Å². The van der Waals surface area contributed by atoms with Crippen LogP contribution in [0.3, 0.4) is 0 Å². The predicted octanol–water partition coefficient (Wildman–Crippen LogP) is 10.1. The van der Waals surface area contributed by atoms with Gasteiger partial charge in [-0.3, -0.25) is 0 Å². The Kier molecular flexibility index (Phi) is 9.70. The highest BCUT2D eigenvalue weighted by atomic mass is 19.2. The zero-order valence-corrected chi connectivity index (χ0v) is 23.9. The normalized spacial score (nSPS) is 23.4. The number of hydrogen-bond donors (Lipinski definition) is 0. The topological polar surface area (TPSA) is 18.5 Å². The van der Waals surface area contributed by atoms with Crippen LogP contribution in [-0.2, 0) is 4.74 Å². The van der Waals surface area contributed by atoms with Crippen molar-refractivity contribution in [1.29, 1.82) is 0 Å². The van der Waals surface area contributed by atoms with Gasteiger partial charge < -0.3 is 9.47 Å². The van der Waals surface area contributed by atoms with Gasteiger partial charge in [0.25, 0.3) is 0 Å². The molecule has 0 amide bonds. The first-order valence-corrected chi connectivity index (χ1v) is 15.1. The molecule has 3 aromatic rings. The van der Waals surface area contributed by atoms with Crippen LogP contribution >= 0.6 is 0 Å². The summed E-state index contributed by atoms with van der Waals surface area (Å²) in [7, 11) is 0. The van der Waals surface area contributed by atoms with Crippen LogP contribution in [0.4, 0.5) is 8.78 Å². The predicted molar refractivity (Wildman–Crippen MR) is 160 cm³/mol. The third-order valence-corrected chi connectivity index (χ3v) is 8.96. The Balaban J connectivity index is 1.14. The number of ether oxygens (including phenoxy) is 2. The zero-order chi connectivity index (χ0) is 27.9. The Labute approximate surface area is 238 Å². The third-order valence-electron chi connectivity index (χ3n) is 8.96. The van der Waals surface area contributed by atoms with Gasteiger partial charge in [0.1, 0.15) is 0 Å². The largest absolute Gasteiger partial charge is 0.491 e. The Morgan fingerprint density at radius 3 is 2.10 bits per heavy atom. The summed E-state index contributed by atoms with van der Waals surface area (Å²) in [6, 6.07) is 19.4. The fraction of sp³-hybridized carbons (Fsp3) is 0.444. The van der Waals surface area contributed by atoms with Gasteiger partial charge in [0.05, 0.1) is 19.3 Å². The maximum Gasteiger partial charge on any atom is 0.201 e. The van der Waals surface area contributed by atoms with Gasteiger partial charge in [-0.05, 0) is 98.6 Å². The van der Waals surface area contributed by atoms with E-state index in [2.05, 4.69) is 43.3 Å². The summed E-state index contributed by atoms with van der Waals surface area (Å²) in [6.07, 6.45) is 15.2. The fourth-order valence-corrected chi connectivity index (χ4v) is 6.57. The summed E-state index contributed by atoms with van der Waals surface area (Å²) in [5.74, 6) is 0.194. The van der Waals surface area contributed by atoms with Crippen molar-refractivity contribution in [3.63, 3.8) is 0 Å². The van der Waals surface area contributed by atoms with Gasteiger partial charge >= 0.3 is 0 Å². The first-order chi connectivity index (χ1) is 19.6. The van der Waals surface area contributed by atoms with Crippen LogP contribution in [0.25, 0.3) is 22.3 Å². The maximum absolute atomic E-state index is 14.6. The minimum Gasteiger partial charge on any atom is -0.491 e. The van der Waals surface area contributed by atoms with Crippen LogP contribution in [0.1, 0.15) is 76.7 Å². The van der Waals surface area contributed by atoms with E-state index in [1.165, 1.54) is 56.6 Å². The summed E-state index contributed by atoms with van der Waals surface area (Å²) in [5.41, 5.74) is 4.35. The van der Waals surface area contributed by atoms with E-state index in [1.54, 1.807) is 13.0 Å². The molecule has 2 atom stereocenters. The summed E-state index contributed by atoms with van der Waals surface area (Å²) in [6.45, 7) is 4.95. The van der Waals surface area contributed by atoms with E-state index in [0.717, 1.165) is 36.0 Å². The fourth-order valence-electron chi connectivity index (χ4n) is 6.57. The Morgan fingerprint density at radius 2 is 1.48 bits per heavy atom. The third kappa shape index (κ3) is 6.66. The maximum atomic E-state index is 14.6. The number of halogens is 2. The van der Waals surface area contributed by atoms with Gasteiger partial charge in [-0.15, -0.1) is 0 Å². The molecule has 0 bridgehead atoms. The standard InChI is InChI=1S/C36H42F2O2/c1-3-5-6-7-25-8-10-30(11-9-25)33-22-20-31(24-40-33)28-14-12-26(13-15-28)27-16-18-29(19-17-27)32-21-23-34(39-4-2)36(38)35(32)37/h3,5,12-19,21,23,25,30-31,33H,4,6-11,20,22,24H2,1-2H3/b5-3+. The van der Waals surface area contributed by atoms with Crippen LogP contribution in [-0.4, -0.2) is 19.3 Å². The highest BCUT2D eigenvalue weighted by molar-refractivity contribution is 5.71. The molecule has 2 aliphatic rings. The molecule has 3 aromatic carbocycles. The van der Waals surface area contributed by atoms with Crippen molar-refractivity contribution in [2.75, 3.05) is 13.2 Å². The SMILES string of the molecule is C/C=C/CCC1CCC(C2CCC(c3ccc(-c4ccc(-c5ccc(OCC)c(F)c5F)cc4)cc3)CO2)CC1. The number of benzene rings is 3. The summed E-state index contributed by atoms with van der Waals surface area (Å²) in [5, 5.41) is 0. The average Bonchev–Trinajstić information content (AvgIpc) is 3.01. The molecular weight excluding hydrogens is 502 g/mol. The molecule has 4 heteroatoms. The minimum absolute atomic E-state index is 0.0577. The molecule has 1 aliphatic carbocycles. The summed E-state index contributed by atoms with van der Waals surface area (Å²) >= 11 is 0. The molecule has 0 aromatic heterocycles. The van der Waals surface area contributed by atoms with E-state index in [1.807, 2.05) is 24.3 Å². The quantitative estimate of drug-likeness (QED) is 0.250. The van der Waals surface area contributed by atoms with Crippen molar-refractivity contribution < 1.29 is 18.3 Å². The molecule has 0 N–H and O–H groups in total. The van der Waals surface area contributed by atoms with Gasteiger partial charge in [-0.1, -0.05) is 73.5 Å². The highest BCUT2D eigenvalue weighted by Gasteiger charge is 2.32. The van der Waals surface area contributed by atoms with Gasteiger partial charge in [-0.25, -0.2) is 4.39 Å².